The van der Waals surface area contributed by atoms with E-state index in [-0.39, 0.29) is 11.3 Å². The number of benzene rings is 2. The fourth-order valence-electron chi connectivity index (χ4n) is 3.84. The lowest BCUT2D eigenvalue weighted by Crippen LogP contribution is -2.32. The van der Waals surface area contributed by atoms with E-state index in [0.29, 0.717) is 23.0 Å². The van der Waals surface area contributed by atoms with Crippen molar-refractivity contribution in [2.45, 2.75) is 32.2 Å². The Morgan fingerprint density at radius 2 is 1.68 bits per heavy atom. The van der Waals surface area contributed by atoms with Crippen LogP contribution in [0.3, 0.4) is 0 Å². The van der Waals surface area contributed by atoms with Crippen molar-refractivity contribution < 1.29 is 14.7 Å². The molecule has 1 aliphatic rings. The smallest absolute Gasteiger partial charge is 0.295 e. The van der Waals surface area contributed by atoms with Gasteiger partial charge in [0.05, 0.1) is 11.6 Å². The third kappa shape index (κ3) is 5.00. The molecule has 2 aromatic rings. The van der Waals surface area contributed by atoms with Gasteiger partial charge in [0.25, 0.3) is 11.7 Å². The minimum Gasteiger partial charge on any atom is -0.507 e. The van der Waals surface area contributed by atoms with Crippen molar-refractivity contribution in [2.75, 3.05) is 27.2 Å². The number of Topliss-reactive ketones (excluding diaryl/α,β-unsaturated/α-hetero) is 1. The van der Waals surface area contributed by atoms with Crippen molar-refractivity contribution in [1.29, 1.82) is 0 Å². The summed E-state index contributed by atoms with van der Waals surface area (Å²) in [4.78, 5) is 29.6. The standard InChI is InChI=1S/C25H29ClN2O3/c1-16(2)17-6-8-18(9-7-17)22-21(23(29)19-10-12-20(26)13-11-19)24(30)25(31)28(22)15-5-14-27(3)4/h6-13,16,22,29H,5,14-15H2,1-4H3/b23-21-. The number of amides is 1. The number of aliphatic hydroxyl groups excluding tert-OH is 1. The van der Waals surface area contributed by atoms with Crippen LogP contribution in [0, 0.1) is 0 Å². The molecule has 0 aliphatic carbocycles. The first-order valence-corrected chi connectivity index (χ1v) is 10.9. The highest BCUT2D eigenvalue weighted by atomic mass is 35.5. The molecule has 1 N–H and O–H groups in total. The van der Waals surface area contributed by atoms with Crippen molar-refractivity contribution in [3.63, 3.8) is 0 Å². The van der Waals surface area contributed by atoms with Gasteiger partial charge in [-0.15, -0.1) is 0 Å². The predicted octanol–water partition coefficient (Wildman–Crippen LogP) is 4.84. The number of carbonyl (C=O) groups excluding carboxylic acids is 2. The van der Waals surface area contributed by atoms with E-state index < -0.39 is 17.7 Å². The first-order valence-electron chi connectivity index (χ1n) is 10.5. The van der Waals surface area contributed by atoms with Crippen molar-refractivity contribution in [3.05, 3.63) is 75.8 Å². The number of hydrogen-bond donors (Lipinski definition) is 1. The van der Waals surface area contributed by atoms with E-state index >= 15 is 0 Å². The zero-order valence-corrected chi connectivity index (χ0v) is 19.2. The number of nitrogens with zero attached hydrogens (tertiary/aromatic N) is 2. The average molecular weight is 441 g/mol. The fourth-order valence-corrected chi connectivity index (χ4v) is 3.97. The Bertz CT molecular complexity index is 979. The molecule has 1 amide bonds. The molecule has 5 nitrogen and oxygen atoms in total. The lowest BCUT2D eigenvalue weighted by molar-refractivity contribution is -0.139. The fraction of sp³-hybridized carbons (Fsp3) is 0.360. The van der Waals surface area contributed by atoms with E-state index in [2.05, 4.69) is 13.8 Å². The molecule has 6 heteroatoms. The van der Waals surface area contributed by atoms with Gasteiger partial charge in [0, 0.05) is 17.1 Å². The molecule has 1 atom stereocenters. The zero-order valence-electron chi connectivity index (χ0n) is 18.4. The van der Waals surface area contributed by atoms with E-state index in [4.69, 9.17) is 11.6 Å². The summed E-state index contributed by atoms with van der Waals surface area (Å²) in [6, 6.07) is 13.9. The topological polar surface area (TPSA) is 60.9 Å². The molecule has 2 aromatic carbocycles. The van der Waals surface area contributed by atoms with Crippen LogP contribution in [0.2, 0.25) is 5.02 Å². The summed E-state index contributed by atoms with van der Waals surface area (Å²) >= 11 is 5.97. The monoisotopic (exact) mass is 440 g/mol. The number of ketones is 1. The third-order valence-electron chi connectivity index (χ3n) is 5.58. The quantitative estimate of drug-likeness (QED) is 0.380. The Morgan fingerprint density at radius 3 is 2.23 bits per heavy atom. The van der Waals surface area contributed by atoms with Crippen molar-refractivity contribution in [3.8, 4) is 0 Å². The zero-order chi connectivity index (χ0) is 22.7. The third-order valence-corrected chi connectivity index (χ3v) is 5.83. The van der Waals surface area contributed by atoms with Gasteiger partial charge in [0.15, 0.2) is 0 Å². The van der Waals surface area contributed by atoms with Crippen LogP contribution in [-0.4, -0.2) is 53.8 Å². The molecule has 1 fully saturated rings. The van der Waals surface area contributed by atoms with E-state index in [0.717, 1.165) is 18.5 Å². The first kappa shape index (κ1) is 23.0. The molecule has 3 rings (SSSR count). The predicted molar refractivity (Wildman–Crippen MR) is 124 cm³/mol. The number of aliphatic hydroxyl groups is 1. The maximum atomic E-state index is 13.0. The summed E-state index contributed by atoms with van der Waals surface area (Å²) in [6.45, 7) is 5.45. The van der Waals surface area contributed by atoms with Gasteiger partial charge in [-0.25, -0.2) is 0 Å². The summed E-state index contributed by atoms with van der Waals surface area (Å²) < 4.78 is 0. The number of halogens is 1. The van der Waals surface area contributed by atoms with Crippen LogP contribution in [0.5, 0.6) is 0 Å². The van der Waals surface area contributed by atoms with Crippen LogP contribution in [0.15, 0.2) is 54.1 Å². The van der Waals surface area contributed by atoms with Gasteiger partial charge in [-0.05, 0) is 68.4 Å². The molecule has 1 heterocycles. The summed E-state index contributed by atoms with van der Waals surface area (Å²) in [7, 11) is 3.94. The second-order valence-corrected chi connectivity index (χ2v) is 8.91. The van der Waals surface area contributed by atoms with Gasteiger partial charge < -0.3 is 14.9 Å². The van der Waals surface area contributed by atoms with Gasteiger partial charge in [-0.3, -0.25) is 9.59 Å². The molecule has 0 bridgehead atoms. The highest BCUT2D eigenvalue weighted by molar-refractivity contribution is 6.46. The normalized spacial score (nSPS) is 18.4. The Balaban J connectivity index is 2.08. The van der Waals surface area contributed by atoms with Crippen LogP contribution in [-0.2, 0) is 9.59 Å². The van der Waals surface area contributed by atoms with E-state index in [1.165, 1.54) is 5.56 Å². The highest BCUT2D eigenvalue weighted by Crippen LogP contribution is 2.39. The first-order chi connectivity index (χ1) is 14.7. The molecule has 1 saturated heterocycles. The molecule has 0 saturated carbocycles. The van der Waals surface area contributed by atoms with Crippen LogP contribution >= 0.6 is 11.6 Å². The molecule has 0 radical (unpaired) electrons. The number of carbonyl (C=O) groups is 2. The van der Waals surface area contributed by atoms with Gasteiger partial charge in [0.1, 0.15) is 5.76 Å². The molecule has 0 aromatic heterocycles. The van der Waals surface area contributed by atoms with E-state index in [1.54, 1.807) is 29.2 Å². The minimum atomic E-state index is -0.657. The van der Waals surface area contributed by atoms with Crippen molar-refractivity contribution in [2.24, 2.45) is 0 Å². The Morgan fingerprint density at radius 1 is 1.06 bits per heavy atom. The van der Waals surface area contributed by atoms with Crippen LogP contribution in [0.4, 0.5) is 0 Å². The molecular weight excluding hydrogens is 412 g/mol. The lowest BCUT2D eigenvalue weighted by Gasteiger charge is -2.26. The summed E-state index contributed by atoms with van der Waals surface area (Å²) in [6.07, 6.45) is 0.724. The number of rotatable bonds is 7. The molecule has 31 heavy (non-hydrogen) atoms. The second-order valence-electron chi connectivity index (χ2n) is 8.48. The summed E-state index contributed by atoms with van der Waals surface area (Å²) in [5.74, 6) is -1.04. The lowest BCUT2D eigenvalue weighted by atomic mass is 9.93. The number of likely N-dealkylation sites (tertiary alicyclic amines) is 1. The largest absolute Gasteiger partial charge is 0.507 e. The van der Waals surface area contributed by atoms with Gasteiger partial charge in [-0.1, -0.05) is 49.7 Å². The van der Waals surface area contributed by atoms with Crippen molar-refractivity contribution >= 4 is 29.1 Å². The Kier molecular flexibility index (Phi) is 7.19. The Labute approximate surface area is 188 Å². The maximum Gasteiger partial charge on any atom is 0.295 e. The van der Waals surface area contributed by atoms with Gasteiger partial charge >= 0.3 is 0 Å². The minimum absolute atomic E-state index is 0.120. The molecule has 1 aliphatic heterocycles. The molecule has 164 valence electrons. The molecule has 1 unspecified atom stereocenters. The second kappa shape index (κ2) is 9.67. The van der Waals surface area contributed by atoms with Crippen LogP contribution in [0.1, 0.15) is 48.9 Å². The van der Waals surface area contributed by atoms with Crippen LogP contribution in [0.25, 0.3) is 5.76 Å². The summed E-state index contributed by atoms with van der Waals surface area (Å²) in [5, 5.41) is 11.6. The maximum absolute atomic E-state index is 13.0. The van der Waals surface area contributed by atoms with Crippen LogP contribution < -0.4 is 0 Å². The SMILES string of the molecule is CC(C)c1ccc(C2/C(=C(/O)c3ccc(Cl)cc3)C(=O)C(=O)N2CCCN(C)C)cc1. The highest BCUT2D eigenvalue weighted by Gasteiger charge is 2.45. The van der Waals surface area contributed by atoms with E-state index in [1.807, 2.05) is 43.3 Å². The molecule has 0 spiro atoms. The van der Waals surface area contributed by atoms with E-state index in [9.17, 15) is 14.7 Å². The van der Waals surface area contributed by atoms with Gasteiger partial charge in [0.2, 0.25) is 0 Å². The average Bonchev–Trinajstić information content (AvgIpc) is 2.98. The summed E-state index contributed by atoms with van der Waals surface area (Å²) in [5.41, 5.74) is 2.56. The van der Waals surface area contributed by atoms with Crippen molar-refractivity contribution in [1.82, 2.24) is 9.80 Å². The Hall–Kier alpha value is -2.63. The molecular formula is C25H29ClN2O3. The van der Waals surface area contributed by atoms with Gasteiger partial charge in [-0.2, -0.15) is 0 Å². The number of hydrogen-bond acceptors (Lipinski definition) is 4.